The fraction of sp³-hybridized carbons (Fsp3) is 0.545. The number of rotatable bonds is 17. The van der Waals surface area contributed by atoms with Gasteiger partial charge in [0.2, 0.25) is 24.8 Å². The second-order valence-corrected chi connectivity index (χ2v) is 10.5. The highest BCUT2D eigenvalue weighted by Crippen LogP contribution is 2.11. The summed E-state index contributed by atoms with van der Waals surface area (Å²) >= 11 is 6.72. The number of aliphatic imine (C=N–C) groups is 1. The van der Waals surface area contributed by atoms with Crippen molar-refractivity contribution in [3.8, 4) is 6.07 Å². The van der Waals surface area contributed by atoms with Gasteiger partial charge < -0.3 is 44.6 Å². The smallest absolute Gasteiger partial charge is 0.248 e. The Hall–Kier alpha value is -2.45. The van der Waals surface area contributed by atoms with Gasteiger partial charge in [0.1, 0.15) is 6.07 Å². The maximum atomic E-state index is 8.29. The molecule has 266 valence electrons. The zero-order valence-corrected chi connectivity index (χ0v) is 31.8. The molecule has 0 aliphatic heterocycles. The van der Waals surface area contributed by atoms with Crippen LogP contribution in [0.2, 0.25) is 0 Å². The van der Waals surface area contributed by atoms with Crippen LogP contribution in [0, 0.1) is 16.7 Å². The third-order valence-electron chi connectivity index (χ3n) is 5.20. The van der Waals surface area contributed by atoms with Crippen molar-refractivity contribution < 1.29 is 33.2 Å². The van der Waals surface area contributed by atoms with Gasteiger partial charge in [0, 0.05) is 55.1 Å². The number of nitrogens with two attached hydrogens (primary N) is 2. The maximum Gasteiger partial charge on any atom is 0.248 e. The van der Waals surface area contributed by atoms with Crippen molar-refractivity contribution in [2.24, 2.45) is 16.5 Å². The first kappa shape index (κ1) is 46.7. The molecule has 0 unspecified atom stereocenters. The first-order chi connectivity index (χ1) is 22.6. The Kier molecular flexibility index (Phi) is 31.9. The number of nitrogens with one attached hydrogen (secondary N) is 1. The molecule has 2 aromatic carbocycles. The number of halogens is 2. The number of methoxy groups -OCH3 is 1. The lowest BCUT2D eigenvalue weighted by Crippen LogP contribution is -2.34. The van der Waals surface area contributed by atoms with Gasteiger partial charge in [0.25, 0.3) is 0 Å². The minimum Gasteiger partial charge on any atom is -0.481 e. The molecule has 0 radical (unpaired) electrons. The van der Waals surface area contributed by atoms with Crippen molar-refractivity contribution in [3.63, 3.8) is 0 Å². The average Bonchev–Trinajstić information content (AvgIpc) is 3.08. The van der Waals surface area contributed by atoms with Gasteiger partial charge in [-0.25, -0.2) is 0 Å². The predicted octanol–water partition coefficient (Wildman–Crippen LogP) is 6.53. The summed E-state index contributed by atoms with van der Waals surface area (Å²) in [4.78, 5) is 4.29. The Morgan fingerprint density at radius 1 is 0.723 bits per heavy atom. The Balaban J connectivity index is 0. The molecule has 2 rings (SSSR count). The third kappa shape index (κ3) is 25.3. The molecule has 0 aliphatic rings. The molecule has 5 N–H and O–H groups in total. The quantitative estimate of drug-likeness (QED) is 0.0907. The number of hydrogen-bond acceptors (Lipinski definition) is 11. The van der Waals surface area contributed by atoms with E-state index in [1.165, 1.54) is 12.7 Å². The van der Waals surface area contributed by atoms with E-state index in [9.17, 15) is 0 Å². The number of ether oxygens (including phenoxy) is 7. The SMILES string of the molecule is CCOC(C#N)OCC.CCOC(OCC)C(=N)OC.CCOC(OCC)C(N)=NCc1ccc(Br)cc1.NCc1ccc(Br)cc1. The van der Waals surface area contributed by atoms with Crippen molar-refractivity contribution in [2.45, 2.75) is 73.5 Å². The fourth-order valence-corrected chi connectivity index (χ4v) is 3.54. The molecule has 0 aliphatic carbocycles. The zero-order valence-electron chi connectivity index (χ0n) is 28.7. The van der Waals surface area contributed by atoms with Gasteiger partial charge in [-0.2, -0.15) is 5.26 Å². The highest BCUT2D eigenvalue weighted by atomic mass is 79.9. The molecule has 12 nitrogen and oxygen atoms in total. The number of benzene rings is 2. The van der Waals surface area contributed by atoms with Gasteiger partial charge in [-0.1, -0.05) is 56.1 Å². The second-order valence-electron chi connectivity index (χ2n) is 8.62. The summed E-state index contributed by atoms with van der Waals surface area (Å²) in [5.41, 5.74) is 13.5. The molecular weight excluding hydrogens is 738 g/mol. The molecule has 0 saturated heterocycles. The summed E-state index contributed by atoms with van der Waals surface area (Å²) in [6.45, 7) is 15.4. The summed E-state index contributed by atoms with van der Waals surface area (Å²) in [5.74, 6) is 0.385. The van der Waals surface area contributed by atoms with Gasteiger partial charge in [0.05, 0.1) is 13.7 Å². The Morgan fingerprint density at radius 2 is 1.11 bits per heavy atom. The lowest BCUT2D eigenvalue weighted by atomic mass is 10.2. The summed E-state index contributed by atoms with van der Waals surface area (Å²) in [7, 11) is 1.42. The van der Waals surface area contributed by atoms with Gasteiger partial charge in [-0.3, -0.25) is 10.4 Å². The van der Waals surface area contributed by atoms with Crippen molar-refractivity contribution in [1.82, 2.24) is 0 Å². The topological polar surface area (TPSA) is 177 Å². The van der Waals surface area contributed by atoms with Gasteiger partial charge in [-0.15, -0.1) is 0 Å². The number of hydrogen-bond donors (Lipinski definition) is 3. The minimum absolute atomic E-state index is 0.00806. The predicted molar refractivity (Wildman–Crippen MR) is 193 cm³/mol. The highest BCUT2D eigenvalue weighted by Gasteiger charge is 2.14. The van der Waals surface area contributed by atoms with Gasteiger partial charge in [-0.05, 0) is 76.9 Å². The van der Waals surface area contributed by atoms with Crippen molar-refractivity contribution in [2.75, 3.05) is 46.8 Å². The van der Waals surface area contributed by atoms with Crippen LogP contribution in [0.25, 0.3) is 0 Å². The number of nitriles is 1. The van der Waals surface area contributed by atoms with Crippen LogP contribution in [0.5, 0.6) is 0 Å². The van der Waals surface area contributed by atoms with Gasteiger partial charge >= 0.3 is 0 Å². The molecule has 2 aromatic rings. The average molecular weight is 792 g/mol. The van der Waals surface area contributed by atoms with Gasteiger partial charge in [0.15, 0.2) is 5.84 Å². The first-order valence-corrected chi connectivity index (χ1v) is 16.9. The molecule has 47 heavy (non-hydrogen) atoms. The molecule has 0 amide bonds. The normalized spacial score (nSPS) is 10.7. The first-order valence-electron chi connectivity index (χ1n) is 15.3. The van der Waals surface area contributed by atoms with E-state index in [-0.39, 0.29) is 5.90 Å². The van der Waals surface area contributed by atoms with E-state index in [0.29, 0.717) is 58.6 Å². The van der Waals surface area contributed by atoms with Crippen LogP contribution in [0.1, 0.15) is 52.7 Å². The molecule has 0 aromatic heterocycles. The van der Waals surface area contributed by atoms with E-state index in [0.717, 1.165) is 14.5 Å². The van der Waals surface area contributed by atoms with E-state index < -0.39 is 18.9 Å². The van der Waals surface area contributed by atoms with Crippen LogP contribution in [-0.2, 0) is 46.2 Å². The lowest BCUT2D eigenvalue weighted by molar-refractivity contribution is -0.101. The largest absolute Gasteiger partial charge is 0.481 e. The third-order valence-corrected chi connectivity index (χ3v) is 6.25. The molecule has 0 atom stereocenters. The summed E-state index contributed by atoms with van der Waals surface area (Å²) < 4.78 is 37.3. The summed E-state index contributed by atoms with van der Waals surface area (Å²) in [6.07, 6.45) is -1.87. The molecule has 14 heteroatoms. The zero-order chi connectivity index (χ0) is 35.9. The Labute approximate surface area is 297 Å². The van der Waals surface area contributed by atoms with Crippen LogP contribution in [0.15, 0.2) is 62.5 Å². The van der Waals surface area contributed by atoms with Crippen LogP contribution in [0.4, 0.5) is 0 Å². The van der Waals surface area contributed by atoms with Crippen LogP contribution in [-0.4, -0.2) is 77.4 Å². The number of amidine groups is 1. The Morgan fingerprint density at radius 3 is 1.45 bits per heavy atom. The number of nitrogens with zero attached hydrogens (tertiary/aromatic N) is 2. The van der Waals surface area contributed by atoms with E-state index >= 15 is 0 Å². The molecule has 0 heterocycles. The Bertz CT molecular complexity index is 1090. The molecule has 0 fully saturated rings. The summed E-state index contributed by atoms with van der Waals surface area (Å²) in [6, 6.07) is 17.8. The monoisotopic (exact) mass is 789 g/mol. The van der Waals surface area contributed by atoms with E-state index in [1.54, 1.807) is 0 Å². The molecule has 0 saturated carbocycles. The van der Waals surface area contributed by atoms with Crippen molar-refractivity contribution >= 4 is 43.6 Å². The van der Waals surface area contributed by atoms with Crippen molar-refractivity contribution in [3.05, 3.63) is 68.6 Å². The standard InChI is InChI=1S/C13H19BrN2O2.C7H8BrN.C7H15NO3.C6H11NO2/c1-3-17-13(18-4-2)12(15)16-9-10-5-7-11(14)8-6-10;8-7-3-1-6(5-9)2-4-7;1-4-10-7(11-5-2)6(8)9-3;1-3-8-6(5-7)9-4-2/h5-8,13H,3-4,9H2,1-2H3,(H2,15,16);1-4H,5,9H2;7-8H,4-5H2,1-3H3;6H,3-4H2,1-2H3. The minimum atomic E-state index is -0.681. The lowest BCUT2D eigenvalue weighted by Gasteiger charge is -2.16. The summed E-state index contributed by atoms with van der Waals surface area (Å²) in [5, 5.41) is 15.5. The maximum absolute atomic E-state index is 8.29. The van der Waals surface area contributed by atoms with Crippen molar-refractivity contribution in [1.29, 1.82) is 10.7 Å². The fourth-order valence-electron chi connectivity index (χ4n) is 3.01. The van der Waals surface area contributed by atoms with E-state index in [4.69, 9.17) is 50.6 Å². The van der Waals surface area contributed by atoms with Crippen LogP contribution in [0.3, 0.4) is 0 Å². The molecule has 0 bridgehead atoms. The van der Waals surface area contributed by atoms with Crippen LogP contribution >= 0.6 is 31.9 Å². The van der Waals surface area contributed by atoms with Crippen LogP contribution < -0.4 is 11.5 Å². The molecule has 0 spiro atoms. The van der Waals surface area contributed by atoms with E-state index in [2.05, 4.69) is 41.6 Å². The second kappa shape index (κ2) is 32.1. The molecular formula is C33H53Br2N5O7. The van der Waals surface area contributed by atoms with E-state index in [1.807, 2.05) is 96.1 Å². The highest BCUT2D eigenvalue weighted by molar-refractivity contribution is 9.10.